The SMILES string of the molecule is COc1cc(Nc2ncc(C(=O)NCC3CCCCC3)c(C(F)(F)F)n2)ccc1Cl. The van der Waals surface area contributed by atoms with E-state index in [9.17, 15) is 18.0 Å². The summed E-state index contributed by atoms with van der Waals surface area (Å²) in [6.45, 7) is 0.348. The number of aromatic nitrogens is 2. The molecule has 3 rings (SSSR count). The van der Waals surface area contributed by atoms with Gasteiger partial charge >= 0.3 is 6.18 Å². The van der Waals surface area contributed by atoms with E-state index in [1.807, 2.05) is 0 Å². The molecule has 0 bridgehead atoms. The van der Waals surface area contributed by atoms with Crippen molar-refractivity contribution in [2.24, 2.45) is 5.92 Å². The molecule has 6 nitrogen and oxygen atoms in total. The summed E-state index contributed by atoms with van der Waals surface area (Å²) < 4.78 is 45.8. The second kappa shape index (κ2) is 9.51. The van der Waals surface area contributed by atoms with Crippen molar-refractivity contribution >= 4 is 29.1 Å². The molecule has 10 heteroatoms. The molecule has 1 aliphatic rings. The Kier molecular flexibility index (Phi) is 7.02. The van der Waals surface area contributed by atoms with Crippen LogP contribution >= 0.6 is 11.6 Å². The maximum atomic E-state index is 13.6. The largest absolute Gasteiger partial charge is 0.495 e. The number of ether oxygens (including phenoxy) is 1. The Morgan fingerprint density at radius 3 is 2.67 bits per heavy atom. The molecule has 1 aromatic heterocycles. The van der Waals surface area contributed by atoms with Gasteiger partial charge in [0.1, 0.15) is 5.75 Å². The van der Waals surface area contributed by atoms with Crippen LogP contribution in [0.3, 0.4) is 0 Å². The number of benzene rings is 1. The molecule has 0 aliphatic heterocycles. The average molecular weight is 443 g/mol. The fourth-order valence-corrected chi connectivity index (χ4v) is 3.61. The third-order valence-corrected chi connectivity index (χ3v) is 5.30. The van der Waals surface area contributed by atoms with Gasteiger partial charge in [-0.3, -0.25) is 4.79 Å². The molecule has 1 saturated carbocycles. The molecule has 1 heterocycles. The number of hydrogen-bond donors (Lipinski definition) is 2. The van der Waals surface area contributed by atoms with E-state index >= 15 is 0 Å². The number of carbonyl (C=O) groups excluding carboxylic acids is 1. The molecule has 30 heavy (non-hydrogen) atoms. The van der Waals surface area contributed by atoms with Crippen LogP contribution in [0.1, 0.15) is 48.2 Å². The van der Waals surface area contributed by atoms with Crippen molar-refractivity contribution < 1.29 is 22.7 Å². The molecule has 2 N–H and O–H groups in total. The molecule has 0 unspecified atom stereocenters. The number of nitrogens with one attached hydrogen (secondary N) is 2. The maximum Gasteiger partial charge on any atom is 0.434 e. The van der Waals surface area contributed by atoms with E-state index < -0.39 is 23.3 Å². The van der Waals surface area contributed by atoms with Crippen LogP contribution in [-0.4, -0.2) is 29.5 Å². The predicted octanol–water partition coefficient (Wildman–Crippen LogP) is 5.21. The number of amides is 1. The Morgan fingerprint density at radius 1 is 1.27 bits per heavy atom. The van der Waals surface area contributed by atoms with Gasteiger partial charge in [0.25, 0.3) is 5.91 Å². The van der Waals surface area contributed by atoms with Gasteiger partial charge < -0.3 is 15.4 Å². The summed E-state index contributed by atoms with van der Waals surface area (Å²) in [5, 5.41) is 5.63. The first-order valence-electron chi connectivity index (χ1n) is 9.61. The fraction of sp³-hybridized carbons (Fsp3) is 0.450. The summed E-state index contributed by atoms with van der Waals surface area (Å²) in [5.74, 6) is -0.488. The van der Waals surface area contributed by atoms with Crippen LogP contribution in [0.2, 0.25) is 5.02 Å². The summed E-state index contributed by atoms with van der Waals surface area (Å²) in [4.78, 5) is 19.8. The third kappa shape index (κ3) is 5.53. The molecule has 1 aromatic carbocycles. The molecule has 0 spiro atoms. The zero-order valence-corrected chi connectivity index (χ0v) is 17.1. The van der Waals surface area contributed by atoms with Gasteiger partial charge in [0.2, 0.25) is 5.95 Å². The Hall–Kier alpha value is -2.55. The van der Waals surface area contributed by atoms with Crippen molar-refractivity contribution in [1.29, 1.82) is 0 Å². The Bertz CT molecular complexity index is 902. The number of nitrogens with zero attached hydrogens (tertiary/aromatic N) is 2. The number of hydrogen-bond acceptors (Lipinski definition) is 5. The lowest BCUT2D eigenvalue weighted by molar-refractivity contribution is -0.141. The molecule has 2 aromatic rings. The summed E-state index contributed by atoms with van der Waals surface area (Å²) in [5.41, 5.74) is -1.50. The minimum Gasteiger partial charge on any atom is -0.495 e. The van der Waals surface area contributed by atoms with Gasteiger partial charge in [-0.15, -0.1) is 0 Å². The zero-order valence-electron chi connectivity index (χ0n) is 16.4. The molecule has 0 radical (unpaired) electrons. The molecule has 0 atom stereocenters. The van der Waals surface area contributed by atoms with E-state index in [2.05, 4.69) is 20.6 Å². The first-order chi connectivity index (χ1) is 14.3. The number of alkyl halides is 3. The first-order valence-corrected chi connectivity index (χ1v) is 9.98. The zero-order chi connectivity index (χ0) is 21.7. The van der Waals surface area contributed by atoms with Crippen LogP contribution in [0.5, 0.6) is 5.75 Å². The second-order valence-electron chi connectivity index (χ2n) is 7.14. The first kappa shape index (κ1) is 22.1. The minimum atomic E-state index is -4.81. The molecule has 1 aliphatic carbocycles. The molecule has 0 saturated heterocycles. The number of methoxy groups -OCH3 is 1. The molecule has 1 amide bonds. The predicted molar refractivity (Wildman–Crippen MR) is 107 cm³/mol. The van der Waals surface area contributed by atoms with Gasteiger partial charge in [0.05, 0.1) is 17.7 Å². The van der Waals surface area contributed by atoms with Crippen LogP contribution in [0.15, 0.2) is 24.4 Å². The Labute approximate surface area is 177 Å². The van der Waals surface area contributed by atoms with E-state index in [4.69, 9.17) is 16.3 Å². The number of anilines is 2. The van der Waals surface area contributed by atoms with Crippen LogP contribution < -0.4 is 15.4 Å². The summed E-state index contributed by atoms with van der Waals surface area (Å²) in [6.07, 6.45) is 1.33. The van der Waals surface area contributed by atoms with Crippen LogP contribution in [0, 0.1) is 5.92 Å². The lowest BCUT2D eigenvalue weighted by Gasteiger charge is -2.22. The Balaban J connectivity index is 1.78. The van der Waals surface area contributed by atoms with Crippen LogP contribution in [0.4, 0.5) is 24.8 Å². The molecule has 1 fully saturated rings. The highest BCUT2D eigenvalue weighted by molar-refractivity contribution is 6.32. The van der Waals surface area contributed by atoms with Crippen LogP contribution in [0.25, 0.3) is 0 Å². The van der Waals surface area contributed by atoms with Crippen molar-refractivity contribution in [3.05, 3.63) is 40.7 Å². The maximum absolute atomic E-state index is 13.6. The quantitative estimate of drug-likeness (QED) is 0.642. The number of carbonyl (C=O) groups is 1. The number of halogens is 4. The van der Waals surface area contributed by atoms with E-state index in [1.54, 1.807) is 6.07 Å². The van der Waals surface area contributed by atoms with Gasteiger partial charge in [0, 0.05) is 24.5 Å². The van der Waals surface area contributed by atoms with Crippen molar-refractivity contribution in [3.63, 3.8) is 0 Å². The van der Waals surface area contributed by atoms with Crippen molar-refractivity contribution in [3.8, 4) is 5.75 Å². The summed E-state index contributed by atoms with van der Waals surface area (Å²) in [6, 6.07) is 4.58. The Morgan fingerprint density at radius 2 is 2.00 bits per heavy atom. The van der Waals surface area contributed by atoms with E-state index in [0.29, 0.717) is 28.9 Å². The van der Waals surface area contributed by atoms with Gasteiger partial charge in [-0.05, 0) is 30.9 Å². The summed E-state index contributed by atoms with van der Waals surface area (Å²) in [7, 11) is 1.42. The van der Waals surface area contributed by atoms with Gasteiger partial charge in [-0.25, -0.2) is 9.97 Å². The monoisotopic (exact) mass is 442 g/mol. The van der Waals surface area contributed by atoms with E-state index in [1.165, 1.54) is 19.2 Å². The highest BCUT2D eigenvalue weighted by Crippen LogP contribution is 2.32. The van der Waals surface area contributed by atoms with Crippen molar-refractivity contribution in [2.75, 3.05) is 19.0 Å². The number of rotatable bonds is 6. The standard InChI is InChI=1S/C20H22ClF3N4O2/c1-30-16-9-13(7-8-15(16)21)27-19-26-11-14(17(28-19)20(22,23)24)18(29)25-10-12-5-3-2-4-6-12/h7-9,11-12H,2-6,10H2,1H3,(H,25,29)(H,26,27,28). The van der Waals surface area contributed by atoms with E-state index in [-0.39, 0.29) is 5.95 Å². The second-order valence-corrected chi connectivity index (χ2v) is 7.55. The third-order valence-electron chi connectivity index (χ3n) is 4.99. The topological polar surface area (TPSA) is 76.1 Å². The highest BCUT2D eigenvalue weighted by atomic mass is 35.5. The normalized spacial score (nSPS) is 15.0. The molecule has 162 valence electrons. The lowest BCUT2D eigenvalue weighted by Crippen LogP contribution is -2.32. The van der Waals surface area contributed by atoms with Gasteiger partial charge in [0.15, 0.2) is 5.69 Å². The molecular formula is C20H22ClF3N4O2. The average Bonchev–Trinajstić information content (AvgIpc) is 2.73. The van der Waals surface area contributed by atoms with E-state index in [0.717, 1.165) is 38.3 Å². The summed E-state index contributed by atoms with van der Waals surface area (Å²) >= 11 is 5.95. The molecular weight excluding hydrogens is 421 g/mol. The highest BCUT2D eigenvalue weighted by Gasteiger charge is 2.38. The lowest BCUT2D eigenvalue weighted by atomic mass is 9.89. The van der Waals surface area contributed by atoms with Crippen molar-refractivity contribution in [2.45, 2.75) is 38.3 Å². The van der Waals surface area contributed by atoms with Crippen LogP contribution in [-0.2, 0) is 6.18 Å². The van der Waals surface area contributed by atoms with Crippen molar-refractivity contribution in [1.82, 2.24) is 15.3 Å². The van der Waals surface area contributed by atoms with Gasteiger partial charge in [-0.2, -0.15) is 13.2 Å². The smallest absolute Gasteiger partial charge is 0.434 e. The fourth-order valence-electron chi connectivity index (χ4n) is 3.41. The van der Waals surface area contributed by atoms with Gasteiger partial charge in [-0.1, -0.05) is 30.9 Å². The minimum absolute atomic E-state index is 0.291.